The van der Waals surface area contributed by atoms with Gasteiger partial charge in [-0.15, -0.1) is 0 Å². The lowest BCUT2D eigenvalue weighted by molar-refractivity contribution is -0.144. The van der Waals surface area contributed by atoms with Gasteiger partial charge in [0.15, 0.2) is 0 Å². The van der Waals surface area contributed by atoms with Gasteiger partial charge in [0.05, 0.1) is 0 Å². The number of nitrogens with one attached hydrogen (secondary N) is 1. The number of nitrogen functional groups attached to an aromatic ring is 1. The third-order valence-corrected chi connectivity index (χ3v) is 2.80. The van der Waals surface area contributed by atoms with Gasteiger partial charge in [-0.2, -0.15) is 13.2 Å². The van der Waals surface area contributed by atoms with Gasteiger partial charge in [-0.1, -0.05) is 6.92 Å². The van der Waals surface area contributed by atoms with Gasteiger partial charge in [-0.3, -0.25) is 0 Å². The van der Waals surface area contributed by atoms with Gasteiger partial charge in [-0.25, -0.2) is 9.97 Å². The van der Waals surface area contributed by atoms with Crippen LogP contribution in [0.25, 0.3) is 0 Å². The van der Waals surface area contributed by atoms with Gasteiger partial charge >= 0.3 is 6.18 Å². The molecule has 0 spiro atoms. The fourth-order valence-corrected chi connectivity index (χ4v) is 1.38. The molecule has 1 aromatic heterocycles. The number of halogens is 3. The zero-order chi connectivity index (χ0) is 12.7. The Morgan fingerprint density at radius 2 is 2.06 bits per heavy atom. The van der Waals surface area contributed by atoms with Crippen molar-refractivity contribution < 1.29 is 13.2 Å². The van der Waals surface area contributed by atoms with E-state index < -0.39 is 12.0 Å². The lowest BCUT2D eigenvalue weighted by Crippen LogP contribution is -2.17. The molecule has 0 saturated heterocycles. The molecular weight excluding hydrogens is 233 g/mol. The highest BCUT2D eigenvalue weighted by Gasteiger charge is 2.38. The minimum atomic E-state index is -4.57. The smallest absolute Gasteiger partial charge is 0.384 e. The molecule has 0 bridgehead atoms. The number of hydrogen-bond donors (Lipinski definition) is 2. The monoisotopic (exact) mass is 246 g/mol. The molecule has 0 aliphatic heterocycles. The lowest BCUT2D eigenvalue weighted by atomic mass is 10.1. The SMILES string of the molecule is CC1(CNc2cc(N)nc(C(F)(F)F)n2)CC1. The maximum atomic E-state index is 12.4. The molecule has 0 amide bonds. The van der Waals surface area contributed by atoms with Crippen LogP contribution in [0.3, 0.4) is 0 Å². The highest BCUT2D eigenvalue weighted by Crippen LogP contribution is 2.44. The van der Waals surface area contributed by atoms with Crippen LogP contribution in [0.2, 0.25) is 0 Å². The number of nitrogens with two attached hydrogens (primary N) is 1. The van der Waals surface area contributed by atoms with Crippen molar-refractivity contribution in [1.82, 2.24) is 9.97 Å². The fourth-order valence-electron chi connectivity index (χ4n) is 1.38. The van der Waals surface area contributed by atoms with E-state index in [9.17, 15) is 13.2 Å². The number of alkyl halides is 3. The van der Waals surface area contributed by atoms with E-state index in [4.69, 9.17) is 5.73 Å². The van der Waals surface area contributed by atoms with E-state index in [2.05, 4.69) is 22.2 Å². The van der Waals surface area contributed by atoms with Gasteiger partial charge in [0.25, 0.3) is 0 Å². The van der Waals surface area contributed by atoms with Crippen LogP contribution in [-0.2, 0) is 6.18 Å². The largest absolute Gasteiger partial charge is 0.451 e. The van der Waals surface area contributed by atoms with Crippen molar-refractivity contribution in [1.29, 1.82) is 0 Å². The Balaban J connectivity index is 2.14. The molecular formula is C10H13F3N4. The molecule has 94 valence electrons. The van der Waals surface area contributed by atoms with E-state index in [1.54, 1.807) is 0 Å². The topological polar surface area (TPSA) is 63.8 Å². The zero-order valence-corrected chi connectivity index (χ0v) is 9.30. The van der Waals surface area contributed by atoms with Gasteiger partial charge < -0.3 is 11.1 Å². The average Bonchev–Trinajstić information content (AvgIpc) is 2.92. The second kappa shape index (κ2) is 3.75. The average molecular weight is 246 g/mol. The van der Waals surface area contributed by atoms with Crippen molar-refractivity contribution in [3.63, 3.8) is 0 Å². The molecule has 4 nitrogen and oxygen atoms in total. The molecule has 7 heteroatoms. The first-order valence-corrected chi connectivity index (χ1v) is 5.24. The van der Waals surface area contributed by atoms with Gasteiger partial charge in [0, 0.05) is 12.6 Å². The molecule has 1 fully saturated rings. The molecule has 0 radical (unpaired) electrons. The normalized spacial score (nSPS) is 17.9. The summed E-state index contributed by atoms with van der Waals surface area (Å²) >= 11 is 0. The summed E-state index contributed by atoms with van der Waals surface area (Å²) in [7, 11) is 0. The van der Waals surface area contributed by atoms with Crippen molar-refractivity contribution in [2.75, 3.05) is 17.6 Å². The van der Waals surface area contributed by atoms with Crippen LogP contribution >= 0.6 is 0 Å². The summed E-state index contributed by atoms with van der Waals surface area (Å²) in [6, 6.07) is 1.31. The summed E-state index contributed by atoms with van der Waals surface area (Å²) in [4.78, 5) is 6.58. The second-order valence-electron chi connectivity index (χ2n) is 4.66. The molecule has 1 aliphatic carbocycles. The Morgan fingerprint density at radius 1 is 1.41 bits per heavy atom. The first-order chi connectivity index (χ1) is 7.78. The summed E-state index contributed by atoms with van der Waals surface area (Å²) < 4.78 is 37.3. The maximum absolute atomic E-state index is 12.4. The predicted octanol–water partition coefficient (Wildman–Crippen LogP) is 2.29. The van der Waals surface area contributed by atoms with Gasteiger partial charge in [0.1, 0.15) is 11.6 Å². The molecule has 0 atom stereocenters. The Kier molecular flexibility index (Phi) is 2.63. The minimum Gasteiger partial charge on any atom is -0.384 e. The number of rotatable bonds is 3. The predicted molar refractivity (Wildman–Crippen MR) is 57.3 cm³/mol. The van der Waals surface area contributed by atoms with E-state index in [-0.39, 0.29) is 17.1 Å². The second-order valence-corrected chi connectivity index (χ2v) is 4.66. The number of nitrogens with zero attached hydrogens (tertiary/aromatic N) is 2. The summed E-state index contributed by atoms with van der Waals surface area (Å²) in [6.07, 6.45) is -2.42. The Bertz CT molecular complexity index is 426. The van der Waals surface area contributed by atoms with Gasteiger partial charge in [-0.05, 0) is 18.3 Å². The van der Waals surface area contributed by atoms with Crippen LogP contribution in [-0.4, -0.2) is 16.5 Å². The Hall–Kier alpha value is -1.53. The van der Waals surface area contributed by atoms with Crippen molar-refractivity contribution >= 4 is 11.6 Å². The molecule has 1 aliphatic rings. The van der Waals surface area contributed by atoms with Crippen molar-refractivity contribution in [3.8, 4) is 0 Å². The van der Waals surface area contributed by atoms with E-state index >= 15 is 0 Å². The van der Waals surface area contributed by atoms with E-state index in [1.165, 1.54) is 6.07 Å². The quantitative estimate of drug-likeness (QED) is 0.858. The third kappa shape index (κ3) is 2.98. The zero-order valence-electron chi connectivity index (χ0n) is 9.30. The molecule has 1 heterocycles. The molecule has 0 unspecified atom stereocenters. The molecule has 2 rings (SSSR count). The Morgan fingerprint density at radius 3 is 2.59 bits per heavy atom. The van der Waals surface area contributed by atoms with Crippen LogP contribution < -0.4 is 11.1 Å². The summed E-state index contributed by atoms with van der Waals surface area (Å²) in [5.74, 6) is -1.27. The van der Waals surface area contributed by atoms with Gasteiger partial charge in [0.2, 0.25) is 5.82 Å². The van der Waals surface area contributed by atoms with Crippen LogP contribution in [0.4, 0.5) is 24.8 Å². The van der Waals surface area contributed by atoms with E-state index in [0.29, 0.717) is 6.54 Å². The van der Waals surface area contributed by atoms with Crippen LogP contribution in [0, 0.1) is 5.41 Å². The third-order valence-electron chi connectivity index (χ3n) is 2.80. The number of aromatic nitrogens is 2. The van der Waals surface area contributed by atoms with Crippen molar-refractivity contribution in [2.24, 2.45) is 5.41 Å². The summed E-state index contributed by atoms with van der Waals surface area (Å²) in [6.45, 7) is 2.66. The first kappa shape index (κ1) is 11.9. The molecule has 0 aromatic carbocycles. The van der Waals surface area contributed by atoms with Crippen LogP contribution in [0.5, 0.6) is 0 Å². The highest BCUT2D eigenvalue weighted by atomic mass is 19.4. The lowest BCUT2D eigenvalue weighted by Gasteiger charge is -2.12. The van der Waals surface area contributed by atoms with Crippen molar-refractivity contribution in [3.05, 3.63) is 11.9 Å². The number of hydrogen-bond acceptors (Lipinski definition) is 4. The fraction of sp³-hybridized carbons (Fsp3) is 0.600. The minimum absolute atomic E-state index is 0.123. The standard InChI is InChI=1S/C10H13F3N4/c1-9(2-3-9)5-15-7-4-6(14)16-8(17-7)10(11,12)13/h4H,2-3,5H2,1H3,(H3,14,15,16,17). The Labute approximate surface area is 96.4 Å². The molecule has 17 heavy (non-hydrogen) atoms. The molecule has 3 N–H and O–H groups in total. The summed E-state index contributed by atoms with van der Waals surface area (Å²) in [5.41, 5.74) is 5.50. The van der Waals surface area contributed by atoms with Crippen molar-refractivity contribution in [2.45, 2.75) is 25.9 Å². The van der Waals surface area contributed by atoms with Crippen LogP contribution in [0.1, 0.15) is 25.6 Å². The molecule has 1 saturated carbocycles. The maximum Gasteiger partial charge on any atom is 0.451 e. The first-order valence-electron chi connectivity index (χ1n) is 5.24. The van der Waals surface area contributed by atoms with E-state index in [0.717, 1.165) is 12.8 Å². The van der Waals surface area contributed by atoms with E-state index in [1.807, 2.05) is 0 Å². The highest BCUT2D eigenvalue weighted by molar-refractivity contribution is 5.45. The molecule has 1 aromatic rings. The number of anilines is 2. The summed E-state index contributed by atoms with van der Waals surface area (Å²) in [5, 5.41) is 2.87. The van der Waals surface area contributed by atoms with Crippen LogP contribution in [0.15, 0.2) is 6.07 Å².